The molecule has 10 heavy (non-hydrogen) atoms. The Kier molecular flexibility index (Phi) is 1.82. The van der Waals surface area contributed by atoms with Crippen LogP contribution in [0.15, 0.2) is 6.20 Å². The molecule has 0 aliphatic rings. The molecule has 0 unspecified atom stereocenters. The van der Waals surface area contributed by atoms with Crippen LogP contribution in [0.25, 0.3) is 0 Å². The molecule has 0 atom stereocenters. The van der Waals surface area contributed by atoms with E-state index in [4.69, 9.17) is 5.90 Å². The third kappa shape index (κ3) is 1.22. The highest BCUT2D eigenvalue weighted by atomic mass is 16.6. The van der Waals surface area contributed by atoms with Crippen LogP contribution in [0.5, 0.6) is 5.88 Å². The maximum Gasteiger partial charge on any atom is 0.259 e. The molecule has 0 spiro atoms. The van der Waals surface area contributed by atoms with Gasteiger partial charge in [-0.1, -0.05) is 0 Å². The number of aromatic nitrogens is 2. The summed E-state index contributed by atoms with van der Waals surface area (Å²) in [4.78, 5) is 12.4. The Hall–Kier alpha value is -1.16. The Bertz CT molecular complexity index is 236. The summed E-state index contributed by atoms with van der Waals surface area (Å²) in [6.07, 6.45) is 1.66. The Morgan fingerprint density at radius 3 is 2.70 bits per heavy atom. The van der Waals surface area contributed by atoms with Crippen LogP contribution >= 0.6 is 0 Å². The molecular weight excluding hydrogens is 130 g/mol. The van der Waals surface area contributed by atoms with Crippen LogP contribution in [0.2, 0.25) is 0 Å². The zero-order valence-corrected chi connectivity index (χ0v) is 5.96. The van der Waals surface area contributed by atoms with Gasteiger partial charge >= 0.3 is 0 Å². The molecule has 0 aliphatic carbocycles. The van der Waals surface area contributed by atoms with E-state index >= 15 is 0 Å². The molecule has 1 aromatic rings. The van der Waals surface area contributed by atoms with Gasteiger partial charge in [0.05, 0.1) is 5.69 Å². The monoisotopic (exact) mass is 139 g/mol. The Morgan fingerprint density at radius 2 is 2.20 bits per heavy atom. The quantitative estimate of drug-likeness (QED) is 0.570. The van der Waals surface area contributed by atoms with Gasteiger partial charge in [-0.05, 0) is 13.8 Å². The van der Waals surface area contributed by atoms with Crippen molar-refractivity contribution in [1.82, 2.24) is 9.97 Å². The summed E-state index contributed by atoms with van der Waals surface area (Å²) in [7, 11) is 0. The van der Waals surface area contributed by atoms with E-state index in [0.29, 0.717) is 11.6 Å². The first kappa shape index (κ1) is 6.95. The van der Waals surface area contributed by atoms with Crippen molar-refractivity contribution in [3.8, 4) is 5.88 Å². The lowest BCUT2D eigenvalue weighted by molar-refractivity contribution is 0.315. The van der Waals surface area contributed by atoms with Crippen molar-refractivity contribution in [1.29, 1.82) is 0 Å². The van der Waals surface area contributed by atoms with Gasteiger partial charge in [0.25, 0.3) is 5.88 Å². The predicted molar refractivity (Wildman–Crippen MR) is 36.3 cm³/mol. The highest BCUT2D eigenvalue weighted by Gasteiger charge is 1.99. The zero-order valence-electron chi connectivity index (χ0n) is 5.96. The summed E-state index contributed by atoms with van der Waals surface area (Å²) >= 11 is 0. The Morgan fingerprint density at radius 1 is 1.50 bits per heavy atom. The van der Waals surface area contributed by atoms with Crippen LogP contribution in [-0.4, -0.2) is 9.97 Å². The second-order valence-corrected chi connectivity index (χ2v) is 2.02. The predicted octanol–water partition coefficient (Wildman–Crippen LogP) is 0.346. The highest BCUT2D eigenvalue weighted by Crippen LogP contribution is 2.08. The molecule has 0 bridgehead atoms. The number of hydrogen-bond acceptors (Lipinski definition) is 4. The third-order valence-electron chi connectivity index (χ3n) is 1.14. The first-order valence-electron chi connectivity index (χ1n) is 2.91. The van der Waals surface area contributed by atoms with Crippen molar-refractivity contribution in [2.75, 3.05) is 0 Å². The van der Waals surface area contributed by atoms with Crippen molar-refractivity contribution in [3.05, 3.63) is 17.6 Å². The molecule has 4 heteroatoms. The Balaban J connectivity index is 3.09. The standard InChI is InChI=1S/C6H9N3O/c1-4-3-8-5(2)6(9-4)10-7/h3H,7H2,1-2H3. The summed E-state index contributed by atoms with van der Waals surface area (Å²) < 4.78 is 0. The molecule has 0 aliphatic heterocycles. The number of nitrogens with zero attached hydrogens (tertiary/aromatic N) is 2. The topological polar surface area (TPSA) is 61.0 Å². The van der Waals surface area contributed by atoms with Gasteiger partial charge in [0.2, 0.25) is 0 Å². The second kappa shape index (κ2) is 2.62. The van der Waals surface area contributed by atoms with Gasteiger partial charge in [-0.25, -0.2) is 4.98 Å². The van der Waals surface area contributed by atoms with Crippen molar-refractivity contribution in [2.45, 2.75) is 13.8 Å². The van der Waals surface area contributed by atoms with Gasteiger partial charge in [0.1, 0.15) is 5.69 Å². The van der Waals surface area contributed by atoms with E-state index in [1.807, 2.05) is 6.92 Å². The molecule has 2 N–H and O–H groups in total. The molecule has 4 nitrogen and oxygen atoms in total. The molecule has 1 rings (SSSR count). The van der Waals surface area contributed by atoms with Crippen LogP contribution in [0.1, 0.15) is 11.4 Å². The van der Waals surface area contributed by atoms with E-state index in [1.54, 1.807) is 13.1 Å². The first-order valence-corrected chi connectivity index (χ1v) is 2.91. The lowest BCUT2D eigenvalue weighted by Crippen LogP contribution is -2.06. The van der Waals surface area contributed by atoms with E-state index in [-0.39, 0.29) is 0 Å². The average Bonchev–Trinajstić information content (AvgIpc) is 1.94. The molecule has 54 valence electrons. The average molecular weight is 139 g/mol. The molecule has 0 radical (unpaired) electrons. The fourth-order valence-corrected chi connectivity index (χ4v) is 0.627. The number of aryl methyl sites for hydroxylation is 2. The molecule has 0 aromatic carbocycles. The van der Waals surface area contributed by atoms with E-state index in [2.05, 4.69) is 14.8 Å². The minimum atomic E-state index is 0.389. The number of hydrogen-bond donors (Lipinski definition) is 1. The molecule has 1 aromatic heterocycles. The minimum Gasteiger partial charge on any atom is -0.389 e. The van der Waals surface area contributed by atoms with E-state index in [9.17, 15) is 0 Å². The maximum atomic E-state index is 4.92. The fourth-order valence-electron chi connectivity index (χ4n) is 0.627. The zero-order chi connectivity index (χ0) is 7.56. The fraction of sp³-hybridized carbons (Fsp3) is 0.333. The van der Waals surface area contributed by atoms with Crippen molar-refractivity contribution >= 4 is 0 Å². The van der Waals surface area contributed by atoms with Crippen LogP contribution in [-0.2, 0) is 0 Å². The van der Waals surface area contributed by atoms with Crippen molar-refractivity contribution in [2.24, 2.45) is 5.90 Å². The van der Waals surface area contributed by atoms with Crippen LogP contribution in [0.3, 0.4) is 0 Å². The maximum absolute atomic E-state index is 4.92. The summed E-state index contributed by atoms with van der Waals surface area (Å²) in [5, 5.41) is 0. The van der Waals surface area contributed by atoms with Crippen molar-refractivity contribution < 1.29 is 4.84 Å². The normalized spacial score (nSPS) is 9.50. The van der Waals surface area contributed by atoms with Crippen molar-refractivity contribution in [3.63, 3.8) is 0 Å². The molecule has 0 amide bonds. The van der Waals surface area contributed by atoms with Gasteiger partial charge in [0.15, 0.2) is 0 Å². The van der Waals surface area contributed by atoms with Gasteiger partial charge in [-0.15, -0.1) is 0 Å². The molecular formula is C6H9N3O. The van der Waals surface area contributed by atoms with E-state index < -0.39 is 0 Å². The SMILES string of the molecule is Cc1cnc(C)c(ON)n1. The summed E-state index contributed by atoms with van der Waals surface area (Å²) in [5.74, 6) is 5.31. The second-order valence-electron chi connectivity index (χ2n) is 2.02. The molecule has 0 saturated heterocycles. The van der Waals surface area contributed by atoms with Crippen LogP contribution in [0.4, 0.5) is 0 Å². The molecule has 0 saturated carbocycles. The first-order chi connectivity index (χ1) is 4.74. The Labute approximate surface area is 59.0 Å². The van der Waals surface area contributed by atoms with E-state index in [1.165, 1.54) is 0 Å². The minimum absolute atomic E-state index is 0.389. The lowest BCUT2D eigenvalue weighted by atomic mass is 10.4. The number of nitrogens with two attached hydrogens (primary N) is 1. The van der Waals surface area contributed by atoms with E-state index in [0.717, 1.165) is 5.69 Å². The van der Waals surface area contributed by atoms with Gasteiger partial charge in [0, 0.05) is 6.20 Å². The molecule has 0 fully saturated rings. The smallest absolute Gasteiger partial charge is 0.259 e. The van der Waals surface area contributed by atoms with Gasteiger partial charge < -0.3 is 4.84 Å². The third-order valence-corrected chi connectivity index (χ3v) is 1.14. The van der Waals surface area contributed by atoms with Gasteiger partial charge in [-0.3, -0.25) is 4.98 Å². The van der Waals surface area contributed by atoms with Crippen LogP contribution in [0, 0.1) is 13.8 Å². The summed E-state index contributed by atoms with van der Waals surface area (Å²) in [5.41, 5.74) is 1.50. The largest absolute Gasteiger partial charge is 0.389 e. The highest BCUT2D eigenvalue weighted by molar-refractivity contribution is 5.17. The van der Waals surface area contributed by atoms with Crippen LogP contribution < -0.4 is 10.7 Å². The lowest BCUT2D eigenvalue weighted by Gasteiger charge is -2.00. The molecule has 1 heterocycles. The number of rotatable bonds is 1. The summed E-state index contributed by atoms with van der Waals surface area (Å²) in [6.45, 7) is 3.61. The summed E-state index contributed by atoms with van der Waals surface area (Å²) in [6, 6.07) is 0. The van der Waals surface area contributed by atoms with Gasteiger partial charge in [-0.2, -0.15) is 5.90 Å².